The topological polar surface area (TPSA) is 3.24 Å². The van der Waals surface area contributed by atoms with E-state index in [1.165, 1.54) is 51.6 Å². The van der Waals surface area contributed by atoms with Gasteiger partial charge in [-0.25, -0.2) is 0 Å². The van der Waals surface area contributed by atoms with Crippen molar-refractivity contribution in [2.75, 3.05) is 13.1 Å². The van der Waals surface area contributed by atoms with Crippen molar-refractivity contribution in [1.29, 1.82) is 0 Å². The minimum Gasteiger partial charge on any atom is -0.300 e. The van der Waals surface area contributed by atoms with Crippen LogP contribution in [0.3, 0.4) is 0 Å². The summed E-state index contributed by atoms with van der Waals surface area (Å²) in [5.74, 6) is 0. The summed E-state index contributed by atoms with van der Waals surface area (Å²) in [6, 6.07) is 0.897. The number of unbranched alkanes of at least 4 members (excludes halogenated alkanes) is 1. The van der Waals surface area contributed by atoms with Gasteiger partial charge in [0, 0.05) is 6.04 Å². The van der Waals surface area contributed by atoms with Crippen molar-refractivity contribution >= 4 is 0 Å². The van der Waals surface area contributed by atoms with Crippen LogP contribution in [0.25, 0.3) is 0 Å². The minimum atomic E-state index is 0.897. The van der Waals surface area contributed by atoms with Gasteiger partial charge in [0.1, 0.15) is 0 Å². The molecule has 0 spiro atoms. The molecule has 0 atom stereocenters. The van der Waals surface area contributed by atoms with Gasteiger partial charge < -0.3 is 4.90 Å². The fourth-order valence-corrected chi connectivity index (χ4v) is 2.31. The third-order valence-electron chi connectivity index (χ3n) is 3.09. The first kappa shape index (κ1) is 11.0. The smallest absolute Gasteiger partial charge is 0.00952 e. The van der Waals surface area contributed by atoms with Gasteiger partial charge in [-0.05, 0) is 38.8 Å². The first-order chi connectivity index (χ1) is 6.38. The third-order valence-corrected chi connectivity index (χ3v) is 3.09. The van der Waals surface area contributed by atoms with Crippen LogP contribution in [-0.2, 0) is 0 Å². The highest BCUT2D eigenvalue weighted by atomic mass is 15.1. The Hall–Kier alpha value is -0.0400. The predicted octanol–water partition coefficient (Wildman–Crippen LogP) is 3.26. The molecule has 0 aromatic heterocycles. The second kappa shape index (κ2) is 6.42. The molecule has 0 N–H and O–H groups in total. The van der Waals surface area contributed by atoms with E-state index in [0.717, 1.165) is 12.5 Å². The first-order valence-electron chi connectivity index (χ1n) is 5.91. The minimum absolute atomic E-state index is 0.897. The lowest BCUT2D eigenvalue weighted by atomic mass is 10.2. The van der Waals surface area contributed by atoms with Crippen LogP contribution in [0.2, 0.25) is 0 Å². The van der Waals surface area contributed by atoms with Gasteiger partial charge in [-0.15, -0.1) is 0 Å². The molecular formula is C12H24N. The molecule has 1 heteroatoms. The van der Waals surface area contributed by atoms with Gasteiger partial charge in [-0.3, -0.25) is 0 Å². The average molecular weight is 182 g/mol. The Bertz CT molecular complexity index is 116. The van der Waals surface area contributed by atoms with Gasteiger partial charge in [0.25, 0.3) is 0 Å². The van der Waals surface area contributed by atoms with Gasteiger partial charge >= 0.3 is 0 Å². The molecule has 13 heavy (non-hydrogen) atoms. The summed E-state index contributed by atoms with van der Waals surface area (Å²) in [5, 5.41) is 0. The van der Waals surface area contributed by atoms with Crippen LogP contribution in [0.5, 0.6) is 0 Å². The van der Waals surface area contributed by atoms with Crippen LogP contribution in [0, 0.1) is 6.92 Å². The molecule has 0 amide bonds. The van der Waals surface area contributed by atoms with Gasteiger partial charge in [0.15, 0.2) is 0 Å². The lowest BCUT2D eigenvalue weighted by Gasteiger charge is -2.28. The molecule has 77 valence electrons. The summed E-state index contributed by atoms with van der Waals surface area (Å²) >= 11 is 0. The normalized spacial score (nSPS) is 18.7. The molecule has 1 radical (unpaired) electrons. The van der Waals surface area contributed by atoms with E-state index in [9.17, 15) is 0 Å². The van der Waals surface area contributed by atoms with Crippen molar-refractivity contribution in [3.63, 3.8) is 0 Å². The number of hydrogen-bond donors (Lipinski definition) is 0. The Morgan fingerprint density at radius 1 is 1.23 bits per heavy atom. The quantitative estimate of drug-likeness (QED) is 0.609. The van der Waals surface area contributed by atoms with E-state index in [4.69, 9.17) is 0 Å². The summed E-state index contributed by atoms with van der Waals surface area (Å²) in [5.41, 5.74) is 0. The Labute approximate surface area is 83.5 Å². The SMILES string of the molecule is [CH2]CCN(CCCC)C1CCCC1. The fraction of sp³-hybridized carbons (Fsp3) is 0.917. The van der Waals surface area contributed by atoms with E-state index in [1.807, 2.05) is 0 Å². The zero-order valence-corrected chi connectivity index (χ0v) is 9.10. The van der Waals surface area contributed by atoms with Crippen LogP contribution in [-0.4, -0.2) is 24.0 Å². The second-order valence-electron chi connectivity index (χ2n) is 4.18. The molecule has 1 saturated carbocycles. The number of rotatable bonds is 6. The highest BCUT2D eigenvalue weighted by Crippen LogP contribution is 2.23. The molecule has 1 rings (SSSR count). The summed E-state index contributed by atoms with van der Waals surface area (Å²) in [6.07, 6.45) is 9.51. The van der Waals surface area contributed by atoms with Gasteiger partial charge in [0.05, 0.1) is 0 Å². The van der Waals surface area contributed by atoms with Crippen LogP contribution in [0.4, 0.5) is 0 Å². The van der Waals surface area contributed by atoms with E-state index in [1.54, 1.807) is 0 Å². The molecule has 1 nitrogen and oxygen atoms in total. The molecule has 0 bridgehead atoms. The molecule has 1 aliphatic rings. The van der Waals surface area contributed by atoms with Gasteiger partial charge in [-0.2, -0.15) is 0 Å². The van der Waals surface area contributed by atoms with E-state index in [2.05, 4.69) is 18.7 Å². The molecular weight excluding hydrogens is 158 g/mol. The second-order valence-corrected chi connectivity index (χ2v) is 4.18. The van der Waals surface area contributed by atoms with Crippen molar-refractivity contribution in [1.82, 2.24) is 4.90 Å². The maximum Gasteiger partial charge on any atom is 0.00952 e. The molecule has 0 heterocycles. The summed E-state index contributed by atoms with van der Waals surface area (Å²) < 4.78 is 0. The maximum atomic E-state index is 3.96. The van der Waals surface area contributed by atoms with Crippen molar-refractivity contribution in [2.24, 2.45) is 0 Å². The average Bonchev–Trinajstić information content (AvgIpc) is 2.65. The molecule has 1 aliphatic carbocycles. The van der Waals surface area contributed by atoms with Crippen molar-refractivity contribution in [2.45, 2.75) is 57.9 Å². The largest absolute Gasteiger partial charge is 0.300 e. The Morgan fingerprint density at radius 2 is 1.92 bits per heavy atom. The highest BCUT2D eigenvalue weighted by molar-refractivity contribution is 4.77. The van der Waals surface area contributed by atoms with E-state index < -0.39 is 0 Å². The molecule has 0 aromatic rings. The van der Waals surface area contributed by atoms with E-state index >= 15 is 0 Å². The lowest BCUT2D eigenvalue weighted by molar-refractivity contribution is 0.199. The van der Waals surface area contributed by atoms with E-state index in [0.29, 0.717) is 0 Å². The van der Waals surface area contributed by atoms with Crippen LogP contribution in [0.1, 0.15) is 51.9 Å². The van der Waals surface area contributed by atoms with Crippen molar-refractivity contribution in [3.05, 3.63) is 6.92 Å². The van der Waals surface area contributed by atoms with Crippen molar-refractivity contribution < 1.29 is 0 Å². The van der Waals surface area contributed by atoms with Crippen LogP contribution >= 0.6 is 0 Å². The summed E-state index contributed by atoms with van der Waals surface area (Å²) in [4.78, 5) is 2.67. The number of nitrogens with zero attached hydrogens (tertiary/aromatic N) is 1. The van der Waals surface area contributed by atoms with Crippen molar-refractivity contribution in [3.8, 4) is 0 Å². The Balaban J connectivity index is 2.26. The molecule has 0 aliphatic heterocycles. The zero-order chi connectivity index (χ0) is 9.52. The zero-order valence-electron chi connectivity index (χ0n) is 9.10. The third kappa shape index (κ3) is 3.68. The summed E-state index contributed by atoms with van der Waals surface area (Å²) in [7, 11) is 0. The number of hydrogen-bond acceptors (Lipinski definition) is 1. The fourth-order valence-electron chi connectivity index (χ4n) is 2.31. The highest BCUT2D eigenvalue weighted by Gasteiger charge is 2.20. The van der Waals surface area contributed by atoms with Gasteiger partial charge in [-0.1, -0.05) is 33.1 Å². The molecule has 0 saturated heterocycles. The van der Waals surface area contributed by atoms with E-state index in [-0.39, 0.29) is 0 Å². The van der Waals surface area contributed by atoms with Gasteiger partial charge in [0.2, 0.25) is 0 Å². The van der Waals surface area contributed by atoms with Crippen LogP contribution in [0.15, 0.2) is 0 Å². The van der Waals surface area contributed by atoms with Crippen LogP contribution < -0.4 is 0 Å². The Morgan fingerprint density at radius 3 is 2.46 bits per heavy atom. The monoisotopic (exact) mass is 182 g/mol. The predicted molar refractivity (Wildman–Crippen MR) is 58.7 cm³/mol. The molecule has 0 aromatic carbocycles. The maximum absolute atomic E-state index is 3.96. The summed E-state index contributed by atoms with van der Waals surface area (Å²) in [6.45, 7) is 8.75. The standard InChI is InChI=1S/C12H24N/c1-3-5-11-13(10-4-2)12-8-6-7-9-12/h12H,2-11H2,1H3. The lowest BCUT2D eigenvalue weighted by Crippen LogP contribution is -2.34. The molecule has 1 fully saturated rings. The molecule has 0 unspecified atom stereocenters. The first-order valence-corrected chi connectivity index (χ1v) is 5.91. The Kier molecular flexibility index (Phi) is 5.45.